The van der Waals surface area contributed by atoms with Gasteiger partial charge in [0.25, 0.3) is 5.91 Å². The molecule has 1 aromatic heterocycles. The highest BCUT2D eigenvalue weighted by Crippen LogP contribution is 2.34. The third-order valence-corrected chi connectivity index (χ3v) is 6.67. The van der Waals surface area contributed by atoms with Crippen molar-refractivity contribution in [2.45, 2.75) is 13.1 Å². The van der Waals surface area contributed by atoms with Crippen molar-refractivity contribution >= 4 is 28.1 Å². The van der Waals surface area contributed by atoms with Gasteiger partial charge in [-0.05, 0) is 65.4 Å². The van der Waals surface area contributed by atoms with Gasteiger partial charge >= 0.3 is 0 Å². The predicted octanol–water partition coefficient (Wildman–Crippen LogP) is 6.14. The molecular weight excluding hydrogens is 462 g/mol. The van der Waals surface area contributed by atoms with Gasteiger partial charge in [-0.3, -0.25) is 14.7 Å². The van der Waals surface area contributed by atoms with Gasteiger partial charge in [-0.1, -0.05) is 48.5 Å². The zero-order chi connectivity index (χ0) is 25.2. The van der Waals surface area contributed by atoms with Gasteiger partial charge in [-0.2, -0.15) is 0 Å². The van der Waals surface area contributed by atoms with Crippen molar-refractivity contribution < 1.29 is 14.6 Å². The van der Waals surface area contributed by atoms with Crippen molar-refractivity contribution in [3.63, 3.8) is 0 Å². The van der Waals surface area contributed by atoms with Crippen LogP contribution < -0.4 is 14.5 Å². The zero-order valence-electron chi connectivity index (χ0n) is 20.1. The summed E-state index contributed by atoms with van der Waals surface area (Å²) in [7, 11) is 0. The minimum absolute atomic E-state index is 0.0414. The van der Waals surface area contributed by atoms with Crippen LogP contribution in [0.2, 0.25) is 0 Å². The number of anilines is 2. The molecule has 0 radical (unpaired) electrons. The Morgan fingerprint density at radius 1 is 0.892 bits per heavy atom. The number of aromatic nitrogens is 1. The number of aromatic hydroxyl groups is 1. The van der Waals surface area contributed by atoms with Crippen molar-refractivity contribution in [1.82, 2.24) is 4.98 Å². The molecule has 0 bridgehead atoms. The van der Waals surface area contributed by atoms with Crippen LogP contribution in [0, 0.1) is 0 Å². The van der Waals surface area contributed by atoms with Gasteiger partial charge in [-0.25, -0.2) is 0 Å². The molecule has 6 nitrogen and oxygen atoms in total. The number of para-hydroxylation sites is 2. The van der Waals surface area contributed by atoms with E-state index in [1.54, 1.807) is 35.4 Å². The van der Waals surface area contributed by atoms with Gasteiger partial charge in [0.05, 0.1) is 24.5 Å². The highest BCUT2D eigenvalue weighted by atomic mass is 16.5. The van der Waals surface area contributed by atoms with E-state index in [1.165, 1.54) is 10.8 Å². The van der Waals surface area contributed by atoms with E-state index in [-0.39, 0.29) is 18.2 Å². The molecule has 2 heterocycles. The lowest BCUT2D eigenvalue weighted by Crippen LogP contribution is -2.32. The topological polar surface area (TPSA) is 65.9 Å². The number of phenolic OH excluding ortho intramolecular Hbond substituents is 1. The summed E-state index contributed by atoms with van der Waals surface area (Å²) in [5.41, 5.74) is 3.81. The standard InChI is InChI=1S/C31H25N3O3/c35-29-11-4-3-10-28(29)34(19-24-8-5-6-18-32-24)31(36)23-12-15-25(16-13-23)33-20-27-26-9-2-1-7-22(26)14-17-30(27)37-21-33/h1-18,35H,19-21H2. The molecule has 6 rings (SSSR count). The number of carbonyl (C=O) groups is 1. The summed E-state index contributed by atoms with van der Waals surface area (Å²) < 4.78 is 6.07. The highest BCUT2D eigenvalue weighted by Gasteiger charge is 2.23. The number of benzene rings is 4. The molecule has 0 saturated heterocycles. The van der Waals surface area contributed by atoms with Crippen molar-refractivity contribution in [3.8, 4) is 11.5 Å². The first-order valence-electron chi connectivity index (χ1n) is 12.2. The van der Waals surface area contributed by atoms with Crippen molar-refractivity contribution in [2.75, 3.05) is 16.5 Å². The molecule has 5 aromatic rings. The van der Waals surface area contributed by atoms with E-state index in [0.717, 1.165) is 22.7 Å². The Morgan fingerprint density at radius 2 is 1.68 bits per heavy atom. The molecule has 0 fully saturated rings. The van der Waals surface area contributed by atoms with Crippen LogP contribution in [-0.4, -0.2) is 22.7 Å². The molecule has 4 aromatic carbocycles. The fourth-order valence-corrected chi connectivity index (χ4v) is 4.75. The molecule has 0 aliphatic carbocycles. The lowest BCUT2D eigenvalue weighted by Gasteiger charge is -2.31. The second kappa shape index (κ2) is 9.66. The van der Waals surface area contributed by atoms with Gasteiger partial charge in [0.1, 0.15) is 11.5 Å². The molecule has 0 spiro atoms. The van der Waals surface area contributed by atoms with Crippen LogP contribution in [0.25, 0.3) is 10.8 Å². The molecule has 1 aliphatic rings. The quantitative estimate of drug-likeness (QED) is 0.322. The highest BCUT2D eigenvalue weighted by molar-refractivity contribution is 6.07. The van der Waals surface area contributed by atoms with Gasteiger partial charge in [0.15, 0.2) is 6.73 Å². The van der Waals surface area contributed by atoms with E-state index in [1.807, 2.05) is 60.7 Å². The Hall–Kier alpha value is -4.84. The van der Waals surface area contributed by atoms with E-state index in [4.69, 9.17) is 4.74 Å². The summed E-state index contributed by atoms with van der Waals surface area (Å²) >= 11 is 0. The number of carbonyl (C=O) groups excluding carboxylic acids is 1. The molecule has 182 valence electrons. The zero-order valence-corrected chi connectivity index (χ0v) is 20.1. The fraction of sp³-hybridized carbons (Fsp3) is 0.0968. The SMILES string of the molecule is O=C(c1ccc(N2COc3ccc4ccccc4c3C2)cc1)N(Cc1ccccn1)c1ccccc1O. The maximum atomic E-state index is 13.6. The summed E-state index contributed by atoms with van der Waals surface area (Å²) in [6, 6.07) is 32.4. The normalized spacial score (nSPS) is 12.6. The summed E-state index contributed by atoms with van der Waals surface area (Å²) in [4.78, 5) is 21.7. The second-order valence-corrected chi connectivity index (χ2v) is 8.98. The smallest absolute Gasteiger partial charge is 0.258 e. The Bertz CT molecular complexity index is 1570. The van der Waals surface area contributed by atoms with Crippen LogP contribution in [-0.2, 0) is 13.1 Å². The molecule has 1 N–H and O–H groups in total. The van der Waals surface area contributed by atoms with E-state index in [2.05, 4.69) is 28.1 Å². The van der Waals surface area contributed by atoms with Gasteiger partial charge in [0.2, 0.25) is 0 Å². The summed E-state index contributed by atoms with van der Waals surface area (Å²) in [6.45, 7) is 1.39. The van der Waals surface area contributed by atoms with Gasteiger partial charge < -0.3 is 14.7 Å². The van der Waals surface area contributed by atoms with E-state index in [0.29, 0.717) is 24.5 Å². The van der Waals surface area contributed by atoms with Crippen molar-refractivity contribution in [2.24, 2.45) is 0 Å². The Labute approximate surface area is 215 Å². The number of ether oxygens (including phenoxy) is 1. The van der Waals surface area contributed by atoms with Crippen LogP contribution in [0.3, 0.4) is 0 Å². The number of rotatable bonds is 5. The van der Waals surface area contributed by atoms with E-state index < -0.39 is 0 Å². The molecule has 0 atom stereocenters. The number of hydrogen-bond acceptors (Lipinski definition) is 5. The second-order valence-electron chi connectivity index (χ2n) is 8.98. The molecule has 0 saturated carbocycles. The van der Waals surface area contributed by atoms with Crippen LogP contribution in [0.5, 0.6) is 11.5 Å². The van der Waals surface area contributed by atoms with Gasteiger partial charge in [-0.15, -0.1) is 0 Å². The number of nitrogens with zero attached hydrogens (tertiary/aromatic N) is 3. The third kappa shape index (κ3) is 4.45. The first-order chi connectivity index (χ1) is 18.2. The minimum atomic E-state index is -0.218. The van der Waals surface area contributed by atoms with E-state index in [9.17, 15) is 9.90 Å². The maximum Gasteiger partial charge on any atom is 0.258 e. The van der Waals surface area contributed by atoms with Crippen LogP contribution in [0.1, 0.15) is 21.6 Å². The lowest BCUT2D eigenvalue weighted by molar-refractivity contribution is 0.0984. The molecule has 6 heteroatoms. The average molecular weight is 488 g/mol. The monoisotopic (exact) mass is 487 g/mol. The van der Waals surface area contributed by atoms with E-state index >= 15 is 0 Å². The van der Waals surface area contributed by atoms with Crippen molar-refractivity contribution in [1.29, 1.82) is 0 Å². The molecule has 37 heavy (non-hydrogen) atoms. The number of pyridine rings is 1. The number of fused-ring (bicyclic) bond motifs is 3. The molecule has 1 amide bonds. The summed E-state index contributed by atoms with van der Waals surface area (Å²) in [5.74, 6) is 0.735. The lowest BCUT2D eigenvalue weighted by atomic mass is 10.0. The number of hydrogen-bond donors (Lipinski definition) is 1. The number of phenols is 1. The molecule has 1 aliphatic heterocycles. The molecule has 0 unspecified atom stereocenters. The number of amides is 1. The third-order valence-electron chi connectivity index (χ3n) is 6.67. The summed E-state index contributed by atoms with van der Waals surface area (Å²) in [6.07, 6.45) is 1.69. The minimum Gasteiger partial charge on any atom is -0.506 e. The maximum absolute atomic E-state index is 13.6. The Morgan fingerprint density at radius 3 is 2.49 bits per heavy atom. The van der Waals surface area contributed by atoms with Gasteiger partial charge in [0, 0.05) is 23.0 Å². The first kappa shape index (κ1) is 22.6. The Balaban J connectivity index is 1.27. The van der Waals surface area contributed by atoms with Crippen LogP contribution in [0.4, 0.5) is 11.4 Å². The average Bonchev–Trinajstić information content (AvgIpc) is 2.96. The first-order valence-corrected chi connectivity index (χ1v) is 12.2. The van der Waals surface area contributed by atoms with Crippen LogP contribution >= 0.6 is 0 Å². The van der Waals surface area contributed by atoms with Crippen LogP contribution in [0.15, 0.2) is 109 Å². The predicted molar refractivity (Wildman–Crippen MR) is 145 cm³/mol. The Kier molecular flexibility index (Phi) is 5.91. The fourth-order valence-electron chi connectivity index (χ4n) is 4.75. The molecular formula is C31H25N3O3. The van der Waals surface area contributed by atoms with Crippen molar-refractivity contribution in [3.05, 3.63) is 126 Å². The largest absolute Gasteiger partial charge is 0.506 e. The summed E-state index contributed by atoms with van der Waals surface area (Å²) in [5, 5.41) is 12.9.